The Morgan fingerprint density at radius 2 is 2.24 bits per heavy atom. The fourth-order valence-electron chi connectivity index (χ4n) is 2.62. The predicted octanol–water partition coefficient (Wildman–Crippen LogP) is 1.18. The molecule has 1 N–H and O–H groups in total. The summed E-state index contributed by atoms with van der Waals surface area (Å²) in [6, 6.07) is 2.84. The van der Waals surface area contributed by atoms with Gasteiger partial charge in [-0.1, -0.05) is 0 Å². The van der Waals surface area contributed by atoms with E-state index in [9.17, 15) is 0 Å². The number of likely N-dealkylation sites (N-methyl/N-ethyl adjacent to an activating group) is 1. The summed E-state index contributed by atoms with van der Waals surface area (Å²) in [7, 11) is 2.06. The van der Waals surface area contributed by atoms with Crippen molar-refractivity contribution in [2.75, 3.05) is 26.7 Å². The molecule has 1 aliphatic rings. The molecule has 0 aliphatic carbocycles. The molecule has 4 heteroatoms. The smallest absolute Gasteiger partial charge is 0.0596 e. The summed E-state index contributed by atoms with van der Waals surface area (Å²) in [5.74, 6) is 0. The molecule has 2 heterocycles. The fraction of sp³-hybridized carbons (Fsp3) is 0.769. The van der Waals surface area contributed by atoms with E-state index >= 15 is 0 Å². The number of rotatable bonds is 5. The lowest BCUT2D eigenvalue weighted by Crippen LogP contribution is -2.30. The molecule has 1 atom stereocenters. The Morgan fingerprint density at radius 3 is 2.82 bits per heavy atom. The topological polar surface area (TPSA) is 33.1 Å². The molecule has 1 aromatic heterocycles. The van der Waals surface area contributed by atoms with Gasteiger partial charge in [0.2, 0.25) is 0 Å². The lowest BCUT2D eigenvalue weighted by atomic mass is 10.3. The molecule has 0 amide bonds. The van der Waals surface area contributed by atoms with Gasteiger partial charge in [-0.3, -0.25) is 4.68 Å². The van der Waals surface area contributed by atoms with Gasteiger partial charge in [0.25, 0.3) is 0 Å². The highest BCUT2D eigenvalue weighted by Gasteiger charge is 2.19. The number of hydrogen-bond donors (Lipinski definition) is 1. The summed E-state index contributed by atoms with van der Waals surface area (Å²) in [6.45, 7) is 8.86. The van der Waals surface area contributed by atoms with Crippen LogP contribution in [0, 0.1) is 13.8 Å². The van der Waals surface area contributed by atoms with E-state index in [2.05, 4.69) is 47.0 Å². The van der Waals surface area contributed by atoms with Gasteiger partial charge in [-0.05, 0) is 52.9 Å². The average Bonchev–Trinajstić information content (AvgIpc) is 2.86. The highest BCUT2D eigenvalue weighted by molar-refractivity contribution is 5.06. The number of aromatic nitrogens is 2. The predicted molar refractivity (Wildman–Crippen MR) is 70.2 cm³/mol. The first-order valence-corrected chi connectivity index (χ1v) is 6.59. The van der Waals surface area contributed by atoms with E-state index in [1.54, 1.807) is 0 Å². The second kappa shape index (κ2) is 5.65. The van der Waals surface area contributed by atoms with E-state index in [0.29, 0.717) is 6.04 Å². The minimum atomic E-state index is 0.698. The van der Waals surface area contributed by atoms with Gasteiger partial charge < -0.3 is 10.2 Å². The van der Waals surface area contributed by atoms with E-state index in [4.69, 9.17) is 0 Å². The van der Waals surface area contributed by atoms with Crippen molar-refractivity contribution in [1.29, 1.82) is 0 Å². The van der Waals surface area contributed by atoms with Crippen LogP contribution in [0.2, 0.25) is 0 Å². The Hall–Kier alpha value is -0.870. The van der Waals surface area contributed by atoms with Gasteiger partial charge in [-0.2, -0.15) is 5.10 Å². The Labute approximate surface area is 104 Å². The van der Waals surface area contributed by atoms with Crippen LogP contribution in [0.1, 0.15) is 24.2 Å². The minimum absolute atomic E-state index is 0.698. The molecule has 2 rings (SSSR count). The van der Waals surface area contributed by atoms with E-state index in [1.807, 2.05) is 0 Å². The van der Waals surface area contributed by atoms with E-state index in [0.717, 1.165) is 12.2 Å². The molecule has 1 fully saturated rings. The summed E-state index contributed by atoms with van der Waals surface area (Å²) < 4.78 is 2.13. The first-order valence-electron chi connectivity index (χ1n) is 6.59. The fourth-order valence-corrected chi connectivity index (χ4v) is 2.62. The minimum Gasteiger partial charge on any atom is -0.316 e. The van der Waals surface area contributed by atoms with Crippen molar-refractivity contribution in [2.24, 2.45) is 0 Å². The second-order valence-corrected chi connectivity index (χ2v) is 5.08. The van der Waals surface area contributed by atoms with E-state index < -0.39 is 0 Å². The maximum atomic E-state index is 4.49. The molecule has 17 heavy (non-hydrogen) atoms. The molecular formula is C13H24N4. The van der Waals surface area contributed by atoms with Crippen LogP contribution in [-0.4, -0.2) is 47.4 Å². The van der Waals surface area contributed by atoms with Gasteiger partial charge in [0.1, 0.15) is 0 Å². The summed E-state index contributed by atoms with van der Waals surface area (Å²) in [6.07, 6.45) is 2.48. The third-order valence-corrected chi connectivity index (χ3v) is 3.63. The first-order chi connectivity index (χ1) is 8.19. The zero-order valence-corrected chi connectivity index (χ0v) is 11.2. The van der Waals surface area contributed by atoms with Gasteiger partial charge in [-0.15, -0.1) is 0 Å². The first kappa shape index (κ1) is 12.6. The molecular weight excluding hydrogens is 212 g/mol. The molecule has 0 aromatic carbocycles. The van der Waals surface area contributed by atoms with Gasteiger partial charge in [0, 0.05) is 24.8 Å². The van der Waals surface area contributed by atoms with Crippen LogP contribution in [0.3, 0.4) is 0 Å². The highest BCUT2D eigenvalue weighted by atomic mass is 15.3. The molecule has 1 unspecified atom stereocenters. The third-order valence-electron chi connectivity index (χ3n) is 3.63. The Balaban J connectivity index is 1.71. The largest absolute Gasteiger partial charge is 0.316 e. The Bertz CT molecular complexity index is 358. The molecule has 0 radical (unpaired) electrons. The van der Waals surface area contributed by atoms with Crippen LogP contribution in [0.5, 0.6) is 0 Å². The van der Waals surface area contributed by atoms with Crippen molar-refractivity contribution in [2.45, 2.75) is 39.3 Å². The summed E-state index contributed by atoms with van der Waals surface area (Å²) in [4.78, 5) is 2.55. The van der Waals surface area contributed by atoms with Crippen LogP contribution in [0.15, 0.2) is 6.07 Å². The van der Waals surface area contributed by atoms with Crippen molar-refractivity contribution in [3.8, 4) is 0 Å². The Morgan fingerprint density at radius 1 is 1.41 bits per heavy atom. The van der Waals surface area contributed by atoms with Crippen LogP contribution < -0.4 is 5.32 Å². The summed E-state index contributed by atoms with van der Waals surface area (Å²) in [5.41, 5.74) is 2.40. The van der Waals surface area contributed by atoms with Crippen molar-refractivity contribution in [3.05, 3.63) is 17.5 Å². The van der Waals surface area contributed by atoms with Crippen molar-refractivity contribution in [1.82, 2.24) is 20.0 Å². The van der Waals surface area contributed by atoms with Gasteiger partial charge in [0.05, 0.1) is 5.69 Å². The normalized spacial score (nSPS) is 21.2. The zero-order valence-electron chi connectivity index (χ0n) is 11.2. The maximum absolute atomic E-state index is 4.49. The summed E-state index contributed by atoms with van der Waals surface area (Å²) in [5, 5.41) is 7.85. The monoisotopic (exact) mass is 236 g/mol. The number of likely N-dealkylation sites (tertiary alicyclic amines) is 1. The van der Waals surface area contributed by atoms with Gasteiger partial charge >= 0.3 is 0 Å². The Kier molecular flexibility index (Phi) is 4.18. The molecule has 4 nitrogen and oxygen atoms in total. The van der Waals surface area contributed by atoms with Crippen LogP contribution in [-0.2, 0) is 6.54 Å². The van der Waals surface area contributed by atoms with Crippen molar-refractivity contribution >= 4 is 0 Å². The molecule has 0 bridgehead atoms. The summed E-state index contributed by atoms with van der Waals surface area (Å²) >= 11 is 0. The molecule has 0 spiro atoms. The number of nitrogens with zero attached hydrogens (tertiary/aromatic N) is 3. The standard InChI is InChI=1S/C13H24N4/c1-11-9-12(2)17(15-11)7-4-6-16-8-5-13(10-16)14-3/h9,13-14H,4-8,10H2,1-3H3. The van der Waals surface area contributed by atoms with Crippen LogP contribution >= 0.6 is 0 Å². The molecule has 0 saturated carbocycles. The van der Waals surface area contributed by atoms with Gasteiger partial charge in [0.15, 0.2) is 0 Å². The van der Waals surface area contributed by atoms with Crippen molar-refractivity contribution < 1.29 is 0 Å². The van der Waals surface area contributed by atoms with Crippen molar-refractivity contribution in [3.63, 3.8) is 0 Å². The third kappa shape index (κ3) is 3.30. The van der Waals surface area contributed by atoms with Gasteiger partial charge in [-0.25, -0.2) is 0 Å². The number of hydrogen-bond acceptors (Lipinski definition) is 3. The zero-order chi connectivity index (χ0) is 12.3. The molecule has 1 aliphatic heterocycles. The quantitative estimate of drug-likeness (QED) is 0.833. The lowest BCUT2D eigenvalue weighted by Gasteiger charge is -2.15. The maximum Gasteiger partial charge on any atom is 0.0596 e. The number of aryl methyl sites for hydroxylation is 3. The second-order valence-electron chi connectivity index (χ2n) is 5.08. The van der Waals surface area contributed by atoms with E-state index in [1.165, 1.54) is 38.2 Å². The molecule has 1 aromatic rings. The molecule has 96 valence electrons. The lowest BCUT2D eigenvalue weighted by molar-refractivity contribution is 0.314. The van der Waals surface area contributed by atoms with Crippen LogP contribution in [0.4, 0.5) is 0 Å². The number of nitrogens with one attached hydrogen (secondary N) is 1. The highest BCUT2D eigenvalue weighted by Crippen LogP contribution is 2.09. The molecule has 1 saturated heterocycles. The van der Waals surface area contributed by atoms with E-state index in [-0.39, 0.29) is 0 Å². The SMILES string of the molecule is CNC1CCN(CCCn2nc(C)cc2C)C1. The van der Waals surface area contributed by atoms with Crippen LogP contribution in [0.25, 0.3) is 0 Å². The average molecular weight is 236 g/mol.